The highest BCUT2D eigenvalue weighted by Crippen LogP contribution is 2.21. The zero-order valence-corrected chi connectivity index (χ0v) is 15.4. The normalized spacial score (nSPS) is 12.7. The second kappa shape index (κ2) is 9.55. The van der Waals surface area contributed by atoms with E-state index in [-0.39, 0.29) is 12.6 Å². The number of rotatable bonds is 8. The number of esters is 1. The smallest absolute Gasteiger partial charge is 0.344 e. The molecule has 0 bridgehead atoms. The fourth-order valence-electron chi connectivity index (χ4n) is 2.54. The molecular formula is C21H22N2O5. The maximum Gasteiger partial charge on any atom is 0.344 e. The molecule has 1 fully saturated rings. The van der Waals surface area contributed by atoms with E-state index in [1.807, 2.05) is 48.5 Å². The largest absolute Gasteiger partial charge is 0.482 e. The predicted octanol–water partition coefficient (Wildman–Crippen LogP) is 2.19. The van der Waals surface area contributed by atoms with E-state index in [9.17, 15) is 14.4 Å². The van der Waals surface area contributed by atoms with Gasteiger partial charge in [-0.1, -0.05) is 48.5 Å². The van der Waals surface area contributed by atoms with Gasteiger partial charge < -0.3 is 14.8 Å². The Balaban J connectivity index is 1.43. The van der Waals surface area contributed by atoms with Gasteiger partial charge in [-0.15, -0.1) is 0 Å². The lowest BCUT2D eigenvalue weighted by Gasteiger charge is -2.11. The number of nitrogens with one attached hydrogen (secondary N) is 2. The molecule has 28 heavy (non-hydrogen) atoms. The first kappa shape index (κ1) is 19.4. The maximum absolute atomic E-state index is 11.8. The zero-order valence-electron chi connectivity index (χ0n) is 15.4. The van der Waals surface area contributed by atoms with Crippen LogP contribution in [0.5, 0.6) is 5.75 Å². The van der Waals surface area contributed by atoms with E-state index in [4.69, 9.17) is 9.47 Å². The first-order valence-corrected chi connectivity index (χ1v) is 9.11. The van der Waals surface area contributed by atoms with Crippen molar-refractivity contribution in [2.24, 2.45) is 0 Å². The van der Waals surface area contributed by atoms with Gasteiger partial charge in [0, 0.05) is 12.5 Å². The molecule has 0 aromatic heterocycles. The summed E-state index contributed by atoms with van der Waals surface area (Å²) in [5.74, 6) is -0.792. The van der Waals surface area contributed by atoms with Gasteiger partial charge >= 0.3 is 12.0 Å². The number of imide groups is 1. The Bertz CT molecular complexity index is 834. The molecule has 0 aliphatic heterocycles. The van der Waals surface area contributed by atoms with Gasteiger partial charge in [0.2, 0.25) is 0 Å². The summed E-state index contributed by atoms with van der Waals surface area (Å²) in [6, 6.07) is 16.9. The van der Waals surface area contributed by atoms with Gasteiger partial charge in [0.1, 0.15) is 5.75 Å². The van der Waals surface area contributed by atoms with Crippen molar-refractivity contribution in [2.75, 3.05) is 13.2 Å². The predicted molar refractivity (Wildman–Crippen MR) is 102 cm³/mol. The quantitative estimate of drug-likeness (QED) is 0.683. The SMILES string of the molecule is O=C(COC(=O)COc1ccccc1Cc1ccccc1)NC(=O)NC1CC1. The molecule has 3 rings (SSSR count). The second-order valence-corrected chi connectivity index (χ2v) is 6.52. The third-order valence-electron chi connectivity index (χ3n) is 4.09. The van der Waals surface area contributed by atoms with Crippen LogP contribution in [-0.2, 0) is 20.7 Å². The standard InChI is InChI=1S/C21H22N2O5/c24-19(23-21(26)22-17-10-11-17)13-28-20(25)14-27-18-9-5-4-8-16(18)12-15-6-2-1-3-7-15/h1-9,17H,10-14H2,(H2,22,23,24,26). The highest BCUT2D eigenvalue weighted by atomic mass is 16.6. The molecular weight excluding hydrogens is 360 g/mol. The van der Waals surface area contributed by atoms with E-state index in [2.05, 4.69) is 10.6 Å². The number of hydrogen-bond acceptors (Lipinski definition) is 5. The van der Waals surface area contributed by atoms with Crippen LogP contribution in [-0.4, -0.2) is 37.2 Å². The van der Waals surface area contributed by atoms with Crippen molar-refractivity contribution in [3.05, 3.63) is 65.7 Å². The molecule has 146 valence electrons. The van der Waals surface area contributed by atoms with Gasteiger partial charge in [-0.2, -0.15) is 0 Å². The molecule has 7 nitrogen and oxygen atoms in total. The summed E-state index contributed by atoms with van der Waals surface area (Å²) >= 11 is 0. The molecule has 2 aromatic carbocycles. The molecule has 7 heteroatoms. The van der Waals surface area contributed by atoms with Crippen LogP contribution in [0.4, 0.5) is 4.79 Å². The van der Waals surface area contributed by atoms with Gasteiger partial charge in [-0.05, 0) is 30.0 Å². The van der Waals surface area contributed by atoms with Gasteiger partial charge in [-0.25, -0.2) is 9.59 Å². The third-order valence-corrected chi connectivity index (χ3v) is 4.09. The summed E-state index contributed by atoms with van der Waals surface area (Å²) in [6.07, 6.45) is 2.50. The summed E-state index contributed by atoms with van der Waals surface area (Å²) in [5.41, 5.74) is 2.07. The van der Waals surface area contributed by atoms with Crippen LogP contribution in [0.2, 0.25) is 0 Å². The van der Waals surface area contributed by atoms with E-state index in [1.165, 1.54) is 0 Å². The molecule has 0 heterocycles. The van der Waals surface area contributed by atoms with Crippen molar-refractivity contribution in [3.63, 3.8) is 0 Å². The molecule has 0 spiro atoms. The second-order valence-electron chi connectivity index (χ2n) is 6.52. The van der Waals surface area contributed by atoms with Gasteiger partial charge in [0.05, 0.1) is 0 Å². The van der Waals surface area contributed by atoms with Gasteiger partial charge in [0.25, 0.3) is 5.91 Å². The molecule has 1 aliphatic rings. The Morgan fingerprint density at radius 1 is 0.929 bits per heavy atom. The van der Waals surface area contributed by atoms with Gasteiger partial charge in [0.15, 0.2) is 13.2 Å². The van der Waals surface area contributed by atoms with Crippen LogP contribution in [0.3, 0.4) is 0 Å². The van der Waals surface area contributed by atoms with Gasteiger partial charge in [-0.3, -0.25) is 10.1 Å². The van der Waals surface area contributed by atoms with Crippen molar-refractivity contribution in [1.29, 1.82) is 0 Å². The number of urea groups is 1. The third kappa shape index (κ3) is 6.42. The minimum Gasteiger partial charge on any atom is -0.482 e. The van der Waals surface area contributed by atoms with Crippen LogP contribution in [0.1, 0.15) is 24.0 Å². The number of benzene rings is 2. The number of amides is 3. The summed E-state index contributed by atoms with van der Waals surface area (Å²) in [6.45, 7) is -0.862. The lowest BCUT2D eigenvalue weighted by atomic mass is 10.0. The highest BCUT2D eigenvalue weighted by Gasteiger charge is 2.24. The first-order chi connectivity index (χ1) is 13.6. The van der Waals surface area contributed by atoms with Crippen molar-refractivity contribution < 1.29 is 23.9 Å². The Morgan fingerprint density at radius 3 is 2.39 bits per heavy atom. The van der Waals surface area contributed by atoms with Crippen molar-refractivity contribution >= 4 is 17.9 Å². The topological polar surface area (TPSA) is 93.7 Å². The molecule has 1 aliphatic carbocycles. The molecule has 1 saturated carbocycles. The van der Waals surface area contributed by atoms with Crippen LogP contribution in [0.15, 0.2) is 54.6 Å². The molecule has 3 amide bonds. The lowest BCUT2D eigenvalue weighted by Crippen LogP contribution is -2.42. The Hall–Kier alpha value is -3.35. The molecule has 0 unspecified atom stereocenters. The number of ether oxygens (including phenoxy) is 2. The van der Waals surface area contributed by atoms with Crippen LogP contribution in [0, 0.1) is 0 Å². The summed E-state index contributed by atoms with van der Waals surface area (Å²) < 4.78 is 10.4. The average molecular weight is 382 g/mol. The summed E-state index contributed by atoms with van der Waals surface area (Å²) in [7, 11) is 0. The van der Waals surface area contributed by atoms with E-state index in [0.717, 1.165) is 24.0 Å². The van der Waals surface area contributed by atoms with E-state index < -0.39 is 24.5 Å². The molecule has 2 N–H and O–H groups in total. The van der Waals surface area contributed by atoms with Crippen LogP contribution < -0.4 is 15.4 Å². The van der Waals surface area contributed by atoms with Crippen molar-refractivity contribution in [2.45, 2.75) is 25.3 Å². The minimum absolute atomic E-state index is 0.139. The molecule has 0 atom stereocenters. The number of para-hydroxylation sites is 1. The average Bonchev–Trinajstić information content (AvgIpc) is 3.50. The molecule has 0 radical (unpaired) electrons. The number of hydrogen-bond donors (Lipinski definition) is 2. The fraction of sp³-hybridized carbons (Fsp3) is 0.286. The van der Waals surface area contributed by atoms with Crippen molar-refractivity contribution in [3.8, 4) is 5.75 Å². The molecule has 0 saturated heterocycles. The number of carbonyl (C=O) groups excluding carboxylic acids is 3. The van der Waals surface area contributed by atoms with E-state index >= 15 is 0 Å². The van der Waals surface area contributed by atoms with E-state index in [1.54, 1.807) is 6.07 Å². The first-order valence-electron chi connectivity index (χ1n) is 9.11. The monoisotopic (exact) mass is 382 g/mol. The highest BCUT2D eigenvalue weighted by molar-refractivity contribution is 5.95. The zero-order chi connectivity index (χ0) is 19.8. The van der Waals surface area contributed by atoms with Crippen LogP contribution in [0.25, 0.3) is 0 Å². The fourth-order valence-corrected chi connectivity index (χ4v) is 2.54. The van der Waals surface area contributed by atoms with Crippen molar-refractivity contribution in [1.82, 2.24) is 10.6 Å². The number of carbonyl (C=O) groups is 3. The van der Waals surface area contributed by atoms with Crippen LogP contribution >= 0.6 is 0 Å². The minimum atomic E-state index is -0.688. The lowest BCUT2D eigenvalue weighted by molar-refractivity contribution is -0.150. The molecule has 2 aromatic rings. The summed E-state index contributed by atoms with van der Waals surface area (Å²) in [5, 5.41) is 4.72. The summed E-state index contributed by atoms with van der Waals surface area (Å²) in [4.78, 5) is 34.9. The Morgan fingerprint density at radius 2 is 1.64 bits per heavy atom. The Labute approximate surface area is 163 Å². The maximum atomic E-state index is 11.8. The van der Waals surface area contributed by atoms with E-state index in [0.29, 0.717) is 12.2 Å². The Kier molecular flexibility index (Phi) is 6.62.